The van der Waals surface area contributed by atoms with Gasteiger partial charge >= 0.3 is 0 Å². The van der Waals surface area contributed by atoms with Crippen LogP contribution in [0.5, 0.6) is 0 Å². The zero-order valence-corrected chi connectivity index (χ0v) is 12.1. The Morgan fingerprint density at radius 2 is 2.00 bits per heavy atom. The number of aliphatic hydroxyl groups excluding tert-OH is 1. The van der Waals surface area contributed by atoms with Crippen LogP contribution in [0, 0.1) is 0 Å². The molecule has 1 heterocycles. The second-order valence-electron chi connectivity index (χ2n) is 3.91. The topological polar surface area (TPSA) is 74.0 Å². The summed E-state index contributed by atoms with van der Waals surface area (Å²) in [6.45, 7) is 0.0786. The highest BCUT2D eigenvalue weighted by molar-refractivity contribution is 7.58. The van der Waals surface area contributed by atoms with Crippen LogP contribution < -0.4 is 5.32 Å². The second kappa shape index (κ2) is 6.47. The van der Waals surface area contributed by atoms with Gasteiger partial charge in [-0.3, -0.25) is 4.79 Å². The van der Waals surface area contributed by atoms with Gasteiger partial charge in [0.1, 0.15) is 11.4 Å². The molecule has 0 spiro atoms. The van der Waals surface area contributed by atoms with E-state index < -0.39 is 0 Å². The first-order valence-corrected chi connectivity index (χ1v) is 7.13. The van der Waals surface area contributed by atoms with Gasteiger partial charge < -0.3 is 10.4 Å². The van der Waals surface area contributed by atoms with Crippen molar-refractivity contribution >= 4 is 57.5 Å². The molecule has 0 saturated carbocycles. The average molecular weight is 320 g/mol. The number of rotatable bonds is 5. The molecule has 1 amide bonds. The Kier molecular flexibility index (Phi) is 4.93. The Labute approximate surface area is 123 Å². The van der Waals surface area contributed by atoms with Crippen LogP contribution in [-0.4, -0.2) is 17.6 Å². The number of anilines is 1. The number of aliphatic hydroxyl groups is 1. The van der Waals surface area contributed by atoms with Gasteiger partial charge in [-0.15, -0.1) is 0 Å². The molecule has 102 valence electrons. The molecular weight excluding hydrogens is 309 g/mol. The summed E-state index contributed by atoms with van der Waals surface area (Å²) in [6, 6.07) is 1.54. The lowest BCUT2D eigenvalue weighted by atomic mass is 10.2. The molecule has 0 bridgehead atoms. The zero-order valence-electron chi connectivity index (χ0n) is 9.82. The highest BCUT2D eigenvalue weighted by Gasteiger charge is 2.19. The van der Waals surface area contributed by atoms with Crippen LogP contribution in [0.4, 0.5) is 17.1 Å². The van der Waals surface area contributed by atoms with Crippen molar-refractivity contribution in [2.24, 2.45) is 8.73 Å². The van der Waals surface area contributed by atoms with Crippen molar-refractivity contribution in [2.75, 3.05) is 11.9 Å². The van der Waals surface area contributed by atoms with Crippen LogP contribution in [0.25, 0.3) is 0 Å². The molecule has 0 aromatic heterocycles. The van der Waals surface area contributed by atoms with E-state index in [1.165, 1.54) is 6.07 Å². The summed E-state index contributed by atoms with van der Waals surface area (Å²) < 4.78 is 8.16. The maximum Gasteiger partial charge on any atom is 0.224 e. The zero-order chi connectivity index (χ0) is 13.8. The van der Waals surface area contributed by atoms with E-state index in [1.54, 1.807) is 0 Å². The molecule has 1 aromatic rings. The fraction of sp³-hybridized carbons (Fsp3) is 0.364. The van der Waals surface area contributed by atoms with Gasteiger partial charge in [-0.25, -0.2) is 0 Å². The third-order valence-corrected chi connectivity index (χ3v) is 3.63. The maximum atomic E-state index is 11.8. The number of nitrogens with one attached hydrogen (secondary N) is 1. The number of amides is 1. The van der Waals surface area contributed by atoms with Crippen molar-refractivity contribution in [1.82, 2.24) is 0 Å². The lowest BCUT2D eigenvalue weighted by Crippen LogP contribution is -2.11. The highest BCUT2D eigenvalue weighted by Crippen LogP contribution is 2.47. The summed E-state index contributed by atoms with van der Waals surface area (Å²) in [6.07, 6.45) is 1.53. The van der Waals surface area contributed by atoms with E-state index in [-0.39, 0.29) is 12.5 Å². The number of hydrogen-bond donors (Lipinski definition) is 2. The monoisotopic (exact) mass is 319 g/mol. The number of hydrogen-bond acceptors (Lipinski definition) is 4. The Balaban J connectivity index is 2.16. The SMILES string of the molecule is O=C(CCCCO)Nc1c(Cl)cc(Cl)c2c1N=S=N2. The molecule has 0 radical (unpaired) electrons. The van der Waals surface area contributed by atoms with Crippen molar-refractivity contribution < 1.29 is 9.90 Å². The van der Waals surface area contributed by atoms with Crippen LogP contribution in [0.1, 0.15) is 19.3 Å². The Bertz CT molecular complexity index is 586. The molecule has 0 aliphatic carbocycles. The molecule has 1 aliphatic rings. The third-order valence-electron chi connectivity index (χ3n) is 2.52. The molecule has 2 N–H and O–H groups in total. The van der Waals surface area contributed by atoms with E-state index in [0.29, 0.717) is 46.4 Å². The maximum absolute atomic E-state index is 11.8. The van der Waals surface area contributed by atoms with E-state index in [9.17, 15) is 4.79 Å². The van der Waals surface area contributed by atoms with Gasteiger partial charge in [-0.1, -0.05) is 23.2 Å². The molecule has 5 nitrogen and oxygen atoms in total. The minimum Gasteiger partial charge on any atom is -0.396 e. The van der Waals surface area contributed by atoms with Crippen molar-refractivity contribution in [3.05, 3.63) is 16.1 Å². The van der Waals surface area contributed by atoms with Gasteiger partial charge in [0.2, 0.25) is 5.91 Å². The van der Waals surface area contributed by atoms with Crippen molar-refractivity contribution in [3.63, 3.8) is 0 Å². The molecule has 0 atom stereocenters. The Hall–Kier alpha value is -0.950. The van der Waals surface area contributed by atoms with E-state index >= 15 is 0 Å². The van der Waals surface area contributed by atoms with Gasteiger partial charge in [0.05, 0.1) is 27.1 Å². The van der Waals surface area contributed by atoms with E-state index in [2.05, 4.69) is 14.0 Å². The first-order valence-electron chi connectivity index (χ1n) is 5.64. The second-order valence-corrected chi connectivity index (χ2v) is 5.25. The number of unbranched alkanes of at least 4 members (excludes halogenated alkanes) is 1. The summed E-state index contributed by atoms with van der Waals surface area (Å²) in [5, 5.41) is 12.1. The number of fused-ring (bicyclic) bond motifs is 1. The van der Waals surface area contributed by atoms with E-state index in [4.69, 9.17) is 28.3 Å². The van der Waals surface area contributed by atoms with Gasteiger partial charge in [-0.2, -0.15) is 8.73 Å². The molecule has 0 fully saturated rings. The summed E-state index contributed by atoms with van der Waals surface area (Å²) in [7, 11) is 0. The normalized spacial score (nSPS) is 12.2. The number of halogens is 2. The minimum atomic E-state index is -0.174. The first kappa shape index (κ1) is 14.5. The largest absolute Gasteiger partial charge is 0.396 e. The predicted octanol–water partition coefficient (Wildman–Crippen LogP) is 3.82. The molecule has 0 unspecified atom stereocenters. The standard InChI is InChI=1S/C11H11Cl2N3O2S/c12-6-5-7(13)10-11(16-19-15-10)9(6)14-8(18)3-1-2-4-17/h5,17H,1-4H2,(H,14,18). The summed E-state index contributed by atoms with van der Waals surface area (Å²) in [5.41, 5.74) is 1.46. The number of benzene rings is 1. The summed E-state index contributed by atoms with van der Waals surface area (Å²) in [5.74, 6) is -0.174. The first-order chi connectivity index (χ1) is 9.13. The van der Waals surface area contributed by atoms with Crippen LogP contribution in [0.15, 0.2) is 14.8 Å². The van der Waals surface area contributed by atoms with Crippen LogP contribution in [0.3, 0.4) is 0 Å². The van der Waals surface area contributed by atoms with Gasteiger partial charge in [0.15, 0.2) is 0 Å². The van der Waals surface area contributed by atoms with E-state index in [0.717, 1.165) is 11.4 Å². The van der Waals surface area contributed by atoms with Crippen LogP contribution in [0.2, 0.25) is 10.0 Å². The Morgan fingerprint density at radius 3 is 2.74 bits per heavy atom. The molecule has 19 heavy (non-hydrogen) atoms. The Morgan fingerprint density at radius 1 is 1.26 bits per heavy atom. The average Bonchev–Trinajstić information content (AvgIpc) is 2.84. The molecule has 1 aliphatic heterocycles. The number of nitrogens with zero attached hydrogens (tertiary/aromatic N) is 2. The van der Waals surface area contributed by atoms with Gasteiger partial charge in [-0.05, 0) is 18.9 Å². The number of carbonyl (C=O) groups is 1. The van der Waals surface area contributed by atoms with Crippen LogP contribution in [-0.2, 0) is 16.1 Å². The van der Waals surface area contributed by atoms with Crippen molar-refractivity contribution in [3.8, 4) is 0 Å². The fourth-order valence-corrected chi connectivity index (χ4v) is 2.75. The predicted molar refractivity (Wildman–Crippen MR) is 77.6 cm³/mol. The quantitative estimate of drug-likeness (QED) is 0.822. The molecule has 2 rings (SSSR count). The number of carbonyl (C=O) groups excluding carboxylic acids is 1. The van der Waals surface area contributed by atoms with Crippen molar-refractivity contribution in [2.45, 2.75) is 19.3 Å². The summed E-state index contributed by atoms with van der Waals surface area (Å²) >= 11 is 13.1. The molecule has 1 aromatic carbocycles. The molecular formula is C11H11Cl2N3O2S. The minimum absolute atomic E-state index is 0.0786. The highest BCUT2D eigenvalue weighted by atomic mass is 35.5. The molecule has 8 heteroatoms. The van der Waals surface area contributed by atoms with Gasteiger partial charge in [0.25, 0.3) is 0 Å². The lowest BCUT2D eigenvalue weighted by molar-refractivity contribution is -0.116. The van der Waals surface area contributed by atoms with Crippen molar-refractivity contribution in [1.29, 1.82) is 0 Å². The lowest BCUT2D eigenvalue weighted by Gasteiger charge is -2.10. The third kappa shape index (κ3) is 3.33. The summed E-state index contributed by atoms with van der Waals surface area (Å²) in [4.78, 5) is 11.8. The molecule has 0 saturated heterocycles. The van der Waals surface area contributed by atoms with Crippen LogP contribution >= 0.6 is 23.2 Å². The van der Waals surface area contributed by atoms with E-state index in [1.807, 2.05) is 0 Å². The van der Waals surface area contributed by atoms with Gasteiger partial charge in [0, 0.05) is 13.0 Å². The smallest absolute Gasteiger partial charge is 0.224 e. The fourth-order valence-electron chi connectivity index (χ4n) is 1.59.